The van der Waals surface area contributed by atoms with Gasteiger partial charge in [0.1, 0.15) is 6.61 Å². The van der Waals surface area contributed by atoms with Gasteiger partial charge in [0.2, 0.25) is 5.91 Å². The summed E-state index contributed by atoms with van der Waals surface area (Å²) in [5.74, 6) is 0.0404. The molecule has 2 unspecified atom stereocenters. The Morgan fingerprint density at radius 2 is 1.77 bits per heavy atom. The molecule has 128 valence electrons. The molecule has 1 amide bonds. The zero-order valence-corrected chi connectivity index (χ0v) is 14.3. The maximum absolute atomic E-state index is 12.4. The Morgan fingerprint density at radius 1 is 1.14 bits per heavy atom. The fourth-order valence-electron chi connectivity index (χ4n) is 3.25. The van der Waals surface area contributed by atoms with Gasteiger partial charge in [0.05, 0.1) is 0 Å². The van der Waals surface area contributed by atoms with E-state index in [1.807, 2.05) is 6.92 Å². The molecule has 2 atom stereocenters. The topological polar surface area (TPSA) is 66.4 Å². The standard InChI is InChI=1S/C18H33NO3/c1-3-15(10-8-9-14(2)17(21)13-20)18(22)19-16-11-6-4-5-7-12-16/h14-16,20H,3-13H2,1-2H3,(H,19,22). The monoisotopic (exact) mass is 311 g/mol. The van der Waals surface area contributed by atoms with Crippen LogP contribution in [-0.4, -0.2) is 29.4 Å². The number of amides is 1. The minimum Gasteiger partial charge on any atom is -0.389 e. The lowest BCUT2D eigenvalue weighted by Crippen LogP contribution is -2.38. The highest BCUT2D eigenvalue weighted by Crippen LogP contribution is 2.20. The van der Waals surface area contributed by atoms with Crippen LogP contribution in [0.1, 0.15) is 78.1 Å². The van der Waals surface area contributed by atoms with Crippen molar-refractivity contribution in [3.8, 4) is 0 Å². The average Bonchev–Trinajstić information content (AvgIpc) is 2.78. The average molecular weight is 311 g/mol. The van der Waals surface area contributed by atoms with Crippen molar-refractivity contribution in [1.82, 2.24) is 5.32 Å². The summed E-state index contributed by atoms with van der Waals surface area (Å²) in [5.41, 5.74) is 0. The van der Waals surface area contributed by atoms with Gasteiger partial charge in [-0.25, -0.2) is 0 Å². The van der Waals surface area contributed by atoms with Gasteiger partial charge < -0.3 is 10.4 Å². The van der Waals surface area contributed by atoms with E-state index in [4.69, 9.17) is 5.11 Å². The second-order valence-corrected chi connectivity index (χ2v) is 6.76. The first-order valence-corrected chi connectivity index (χ1v) is 9.02. The summed E-state index contributed by atoms with van der Waals surface area (Å²) in [7, 11) is 0. The first kappa shape index (κ1) is 19.1. The predicted molar refractivity (Wildman–Crippen MR) is 88.5 cm³/mol. The van der Waals surface area contributed by atoms with Crippen LogP contribution in [0.2, 0.25) is 0 Å². The van der Waals surface area contributed by atoms with Crippen LogP contribution in [0.3, 0.4) is 0 Å². The highest BCUT2D eigenvalue weighted by atomic mass is 16.3. The Morgan fingerprint density at radius 3 is 2.32 bits per heavy atom. The van der Waals surface area contributed by atoms with Crippen molar-refractivity contribution in [1.29, 1.82) is 0 Å². The first-order valence-electron chi connectivity index (χ1n) is 9.02. The number of hydrogen-bond donors (Lipinski definition) is 2. The third kappa shape index (κ3) is 6.91. The molecular formula is C18H33NO3. The second kappa shape index (κ2) is 10.8. The van der Waals surface area contributed by atoms with Crippen molar-refractivity contribution in [2.24, 2.45) is 11.8 Å². The minimum atomic E-state index is -0.374. The van der Waals surface area contributed by atoms with Crippen LogP contribution in [0.15, 0.2) is 0 Å². The Balaban J connectivity index is 2.32. The number of rotatable bonds is 9. The molecule has 1 fully saturated rings. The maximum Gasteiger partial charge on any atom is 0.223 e. The van der Waals surface area contributed by atoms with Gasteiger partial charge in [0.25, 0.3) is 0 Å². The molecule has 1 aliphatic carbocycles. The largest absolute Gasteiger partial charge is 0.389 e. The number of aliphatic hydroxyl groups excluding tert-OH is 1. The van der Waals surface area contributed by atoms with E-state index in [0.717, 1.165) is 38.5 Å². The molecular weight excluding hydrogens is 278 g/mol. The van der Waals surface area contributed by atoms with E-state index in [2.05, 4.69) is 12.2 Å². The minimum absolute atomic E-state index is 0.0553. The van der Waals surface area contributed by atoms with E-state index in [1.54, 1.807) is 0 Å². The maximum atomic E-state index is 12.4. The highest BCUT2D eigenvalue weighted by Gasteiger charge is 2.21. The van der Waals surface area contributed by atoms with E-state index < -0.39 is 0 Å². The molecule has 1 saturated carbocycles. The molecule has 0 bridgehead atoms. The molecule has 22 heavy (non-hydrogen) atoms. The van der Waals surface area contributed by atoms with Crippen LogP contribution in [0, 0.1) is 11.8 Å². The number of ketones is 1. The van der Waals surface area contributed by atoms with Gasteiger partial charge in [0, 0.05) is 17.9 Å². The number of Topliss-reactive ketones (excluding diaryl/α,β-unsaturated/α-hetero) is 1. The molecule has 0 heterocycles. The lowest BCUT2D eigenvalue weighted by Gasteiger charge is -2.21. The van der Waals surface area contributed by atoms with Crippen molar-refractivity contribution in [2.75, 3.05) is 6.61 Å². The Kier molecular flexibility index (Phi) is 9.37. The van der Waals surface area contributed by atoms with Crippen LogP contribution < -0.4 is 5.32 Å². The number of nitrogens with one attached hydrogen (secondary N) is 1. The van der Waals surface area contributed by atoms with E-state index in [-0.39, 0.29) is 30.1 Å². The zero-order chi connectivity index (χ0) is 16.4. The van der Waals surface area contributed by atoms with Gasteiger partial charge in [-0.2, -0.15) is 0 Å². The van der Waals surface area contributed by atoms with Gasteiger partial charge in [-0.15, -0.1) is 0 Å². The summed E-state index contributed by atoms with van der Waals surface area (Å²) in [6.07, 6.45) is 10.6. The third-order valence-corrected chi connectivity index (χ3v) is 4.96. The number of carbonyl (C=O) groups is 2. The van der Waals surface area contributed by atoms with Crippen LogP contribution in [-0.2, 0) is 9.59 Å². The van der Waals surface area contributed by atoms with Gasteiger partial charge in [-0.05, 0) is 32.1 Å². The molecule has 0 aromatic carbocycles. The number of carbonyl (C=O) groups excluding carboxylic acids is 2. The lowest BCUT2D eigenvalue weighted by atomic mass is 9.93. The van der Waals surface area contributed by atoms with E-state index in [1.165, 1.54) is 25.7 Å². The summed E-state index contributed by atoms with van der Waals surface area (Å²) in [4.78, 5) is 23.8. The van der Waals surface area contributed by atoms with Crippen molar-refractivity contribution < 1.29 is 14.7 Å². The molecule has 4 nitrogen and oxygen atoms in total. The second-order valence-electron chi connectivity index (χ2n) is 6.76. The summed E-state index contributed by atoms with van der Waals surface area (Å²) in [5, 5.41) is 12.1. The summed E-state index contributed by atoms with van der Waals surface area (Å²) in [6, 6.07) is 0.360. The van der Waals surface area contributed by atoms with Gasteiger partial charge in [0.15, 0.2) is 5.78 Å². The fraction of sp³-hybridized carbons (Fsp3) is 0.889. The van der Waals surface area contributed by atoms with Crippen LogP contribution >= 0.6 is 0 Å². The molecule has 0 radical (unpaired) electrons. The Bertz CT molecular complexity index is 335. The van der Waals surface area contributed by atoms with Crippen LogP contribution in [0.4, 0.5) is 0 Å². The van der Waals surface area contributed by atoms with Gasteiger partial charge >= 0.3 is 0 Å². The quantitative estimate of drug-likeness (QED) is 0.643. The Hall–Kier alpha value is -0.900. The molecule has 0 aliphatic heterocycles. The Labute approximate surface area is 135 Å². The van der Waals surface area contributed by atoms with E-state index >= 15 is 0 Å². The van der Waals surface area contributed by atoms with Crippen molar-refractivity contribution in [3.05, 3.63) is 0 Å². The normalized spacial score (nSPS) is 19.2. The molecule has 0 spiro atoms. The van der Waals surface area contributed by atoms with Crippen molar-refractivity contribution in [3.63, 3.8) is 0 Å². The number of aliphatic hydroxyl groups is 1. The van der Waals surface area contributed by atoms with Crippen LogP contribution in [0.25, 0.3) is 0 Å². The number of hydrogen-bond acceptors (Lipinski definition) is 3. The van der Waals surface area contributed by atoms with E-state index in [0.29, 0.717) is 6.04 Å². The van der Waals surface area contributed by atoms with Gasteiger partial charge in [-0.1, -0.05) is 46.0 Å². The molecule has 0 saturated heterocycles. The first-order chi connectivity index (χ1) is 10.6. The third-order valence-electron chi connectivity index (χ3n) is 4.96. The molecule has 1 aliphatic rings. The lowest BCUT2D eigenvalue weighted by molar-refractivity contribution is -0.126. The summed E-state index contributed by atoms with van der Waals surface area (Å²) < 4.78 is 0. The molecule has 0 aromatic heterocycles. The summed E-state index contributed by atoms with van der Waals surface area (Å²) >= 11 is 0. The van der Waals surface area contributed by atoms with Crippen molar-refractivity contribution >= 4 is 11.7 Å². The zero-order valence-electron chi connectivity index (χ0n) is 14.3. The predicted octanol–water partition coefficient (Wildman–Crippen LogP) is 3.22. The molecule has 1 rings (SSSR count). The highest BCUT2D eigenvalue weighted by molar-refractivity contribution is 5.81. The summed E-state index contributed by atoms with van der Waals surface area (Å²) in [6.45, 7) is 3.53. The molecule has 4 heteroatoms. The van der Waals surface area contributed by atoms with E-state index in [9.17, 15) is 9.59 Å². The van der Waals surface area contributed by atoms with Crippen LogP contribution in [0.5, 0.6) is 0 Å². The van der Waals surface area contributed by atoms with Crippen molar-refractivity contribution in [2.45, 2.75) is 84.1 Å². The molecule has 2 N–H and O–H groups in total. The fourth-order valence-corrected chi connectivity index (χ4v) is 3.25. The van der Waals surface area contributed by atoms with Gasteiger partial charge in [-0.3, -0.25) is 9.59 Å². The SMILES string of the molecule is CCC(CCCC(C)C(=O)CO)C(=O)NC1CCCCCC1. The molecule has 0 aromatic rings. The smallest absolute Gasteiger partial charge is 0.223 e.